The Morgan fingerprint density at radius 2 is 1.74 bits per heavy atom. The summed E-state index contributed by atoms with van der Waals surface area (Å²) in [6.07, 6.45) is 10.6. The van der Waals surface area contributed by atoms with E-state index in [1.165, 1.54) is 25.7 Å². The second-order valence-corrected chi connectivity index (χ2v) is 6.59. The zero-order valence-corrected chi connectivity index (χ0v) is 13.6. The molecule has 23 heavy (non-hydrogen) atoms. The molecule has 1 aliphatic heterocycles. The highest BCUT2D eigenvalue weighted by molar-refractivity contribution is 5.98. The number of carbonyl (C=O) groups excluding carboxylic acids is 2. The zero-order valence-electron chi connectivity index (χ0n) is 13.6. The number of nitrogens with zero attached hydrogens (tertiary/aromatic N) is 2. The van der Waals surface area contributed by atoms with Gasteiger partial charge in [-0.1, -0.05) is 25.7 Å². The molecule has 2 amide bonds. The Labute approximate surface area is 137 Å². The van der Waals surface area contributed by atoms with E-state index in [2.05, 4.69) is 10.3 Å². The fourth-order valence-electron chi connectivity index (χ4n) is 3.46. The number of hydrogen-bond donors (Lipinski definition) is 1. The van der Waals surface area contributed by atoms with Gasteiger partial charge in [0.2, 0.25) is 0 Å². The number of likely N-dealkylation sites (tertiary alicyclic amines) is 1. The molecule has 0 spiro atoms. The fourth-order valence-corrected chi connectivity index (χ4v) is 3.46. The van der Waals surface area contributed by atoms with Crippen LogP contribution in [0, 0.1) is 0 Å². The molecule has 5 nitrogen and oxygen atoms in total. The number of rotatable bonds is 3. The van der Waals surface area contributed by atoms with E-state index >= 15 is 0 Å². The minimum absolute atomic E-state index is 0.0633. The van der Waals surface area contributed by atoms with Gasteiger partial charge in [-0.15, -0.1) is 0 Å². The van der Waals surface area contributed by atoms with Crippen molar-refractivity contribution in [3.63, 3.8) is 0 Å². The number of nitrogens with one attached hydrogen (secondary N) is 1. The molecular formula is C18H25N3O2. The second kappa shape index (κ2) is 7.57. The minimum atomic E-state index is -0.0882. The third-order valence-electron chi connectivity index (χ3n) is 4.82. The van der Waals surface area contributed by atoms with Gasteiger partial charge in [0.1, 0.15) is 5.69 Å². The lowest BCUT2D eigenvalue weighted by Gasteiger charge is -2.17. The van der Waals surface area contributed by atoms with Gasteiger partial charge in [-0.25, -0.2) is 0 Å². The van der Waals surface area contributed by atoms with Gasteiger partial charge in [0, 0.05) is 30.9 Å². The molecule has 1 N–H and O–H groups in total. The summed E-state index contributed by atoms with van der Waals surface area (Å²) in [6, 6.07) is 3.58. The topological polar surface area (TPSA) is 62.3 Å². The molecule has 1 aliphatic carbocycles. The van der Waals surface area contributed by atoms with Crippen LogP contribution in [0.3, 0.4) is 0 Å². The Bertz CT molecular complexity index is 559. The maximum Gasteiger partial charge on any atom is 0.272 e. The van der Waals surface area contributed by atoms with Crippen molar-refractivity contribution in [3.05, 3.63) is 29.6 Å². The van der Waals surface area contributed by atoms with Gasteiger partial charge < -0.3 is 10.2 Å². The molecule has 0 radical (unpaired) electrons. The van der Waals surface area contributed by atoms with Crippen LogP contribution in [0.4, 0.5) is 0 Å². The average molecular weight is 315 g/mol. The van der Waals surface area contributed by atoms with Gasteiger partial charge in [0.15, 0.2) is 0 Å². The van der Waals surface area contributed by atoms with E-state index in [1.807, 2.05) is 4.90 Å². The zero-order chi connectivity index (χ0) is 16.1. The first-order valence-corrected chi connectivity index (χ1v) is 8.80. The van der Waals surface area contributed by atoms with Gasteiger partial charge in [0.25, 0.3) is 11.8 Å². The van der Waals surface area contributed by atoms with E-state index in [9.17, 15) is 9.59 Å². The second-order valence-electron chi connectivity index (χ2n) is 6.59. The van der Waals surface area contributed by atoms with Crippen molar-refractivity contribution in [1.82, 2.24) is 15.2 Å². The summed E-state index contributed by atoms with van der Waals surface area (Å²) in [7, 11) is 0. The largest absolute Gasteiger partial charge is 0.349 e. The molecule has 0 aromatic carbocycles. The quantitative estimate of drug-likeness (QED) is 0.872. The van der Waals surface area contributed by atoms with E-state index < -0.39 is 0 Å². The summed E-state index contributed by atoms with van der Waals surface area (Å²) in [6.45, 7) is 1.58. The predicted octanol–water partition coefficient (Wildman–Crippen LogP) is 2.77. The smallest absolute Gasteiger partial charge is 0.272 e. The highest BCUT2D eigenvalue weighted by Crippen LogP contribution is 2.18. The number of amides is 2. The predicted molar refractivity (Wildman–Crippen MR) is 88.3 cm³/mol. The Kier molecular flexibility index (Phi) is 5.26. The number of aromatic nitrogens is 1. The van der Waals surface area contributed by atoms with Crippen LogP contribution in [-0.2, 0) is 0 Å². The third kappa shape index (κ3) is 4.09. The first-order chi connectivity index (χ1) is 11.2. The molecule has 124 valence electrons. The summed E-state index contributed by atoms with van der Waals surface area (Å²) >= 11 is 0. The monoisotopic (exact) mass is 315 g/mol. The van der Waals surface area contributed by atoms with Crippen LogP contribution >= 0.6 is 0 Å². The van der Waals surface area contributed by atoms with E-state index in [4.69, 9.17) is 0 Å². The van der Waals surface area contributed by atoms with Crippen LogP contribution in [0.1, 0.15) is 72.2 Å². The van der Waals surface area contributed by atoms with E-state index in [1.54, 1.807) is 18.3 Å². The molecule has 1 aromatic rings. The maximum atomic E-state index is 12.5. The summed E-state index contributed by atoms with van der Waals surface area (Å²) in [4.78, 5) is 30.8. The molecule has 0 unspecified atom stereocenters. The summed E-state index contributed by atoms with van der Waals surface area (Å²) in [5.74, 6) is -0.151. The molecule has 1 saturated carbocycles. The Hall–Kier alpha value is -1.91. The van der Waals surface area contributed by atoms with Gasteiger partial charge in [-0.2, -0.15) is 0 Å². The standard InChI is InChI=1S/C18H25N3O2/c22-17(20-15-7-3-1-2-4-8-15)14-9-10-19-16(13-14)18(23)21-11-5-6-12-21/h9-10,13,15H,1-8,11-12H2,(H,20,22). The fraction of sp³-hybridized carbons (Fsp3) is 0.611. The SMILES string of the molecule is O=C(NC1CCCCCC1)c1ccnc(C(=O)N2CCCC2)c1. The van der Waals surface area contributed by atoms with Crippen molar-refractivity contribution in [2.24, 2.45) is 0 Å². The first kappa shape index (κ1) is 16.0. The van der Waals surface area contributed by atoms with Crippen LogP contribution in [-0.4, -0.2) is 40.8 Å². The highest BCUT2D eigenvalue weighted by atomic mass is 16.2. The lowest BCUT2D eigenvalue weighted by Crippen LogP contribution is -2.34. The molecule has 1 saturated heterocycles. The number of hydrogen-bond acceptors (Lipinski definition) is 3. The van der Waals surface area contributed by atoms with Gasteiger partial charge in [-0.3, -0.25) is 14.6 Å². The Morgan fingerprint density at radius 3 is 2.43 bits per heavy atom. The molecule has 5 heteroatoms. The summed E-state index contributed by atoms with van der Waals surface area (Å²) < 4.78 is 0. The molecule has 1 aromatic heterocycles. The molecule has 0 atom stereocenters. The molecule has 2 heterocycles. The van der Waals surface area contributed by atoms with Crippen LogP contribution < -0.4 is 5.32 Å². The normalized spacial score (nSPS) is 19.4. The van der Waals surface area contributed by atoms with Gasteiger partial charge in [-0.05, 0) is 37.8 Å². The van der Waals surface area contributed by atoms with Crippen molar-refractivity contribution in [3.8, 4) is 0 Å². The van der Waals surface area contributed by atoms with E-state index in [0.29, 0.717) is 11.3 Å². The third-order valence-corrected chi connectivity index (χ3v) is 4.82. The summed E-state index contributed by atoms with van der Waals surface area (Å²) in [5, 5.41) is 3.12. The number of pyridine rings is 1. The molecule has 3 rings (SSSR count). The lowest BCUT2D eigenvalue weighted by molar-refractivity contribution is 0.0787. The van der Waals surface area contributed by atoms with Crippen molar-refractivity contribution in [1.29, 1.82) is 0 Å². The van der Waals surface area contributed by atoms with E-state index in [0.717, 1.165) is 38.8 Å². The Balaban J connectivity index is 1.66. The molecule has 2 aliphatic rings. The van der Waals surface area contributed by atoms with Crippen LogP contribution in [0.2, 0.25) is 0 Å². The van der Waals surface area contributed by atoms with Crippen LogP contribution in [0.15, 0.2) is 18.3 Å². The average Bonchev–Trinajstić information content (AvgIpc) is 3.00. The van der Waals surface area contributed by atoms with Crippen molar-refractivity contribution >= 4 is 11.8 Å². The lowest BCUT2D eigenvalue weighted by atomic mass is 10.1. The first-order valence-electron chi connectivity index (χ1n) is 8.80. The Morgan fingerprint density at radius 1 is 1.04 bits per heavy atom. The molecule has 0 bridgehead atoms. The maximum absolute atomic E-state index is 12.5. The molecule has 2 fully saturated rings. The number of carbonyl (C=O) groups is 2. The minimum Gasteiger partial charge on any atom is -0.349 e. The molecular weight excluding hydrogens is 290 g/mol. The highest BCUT2D eigenvalue weighted by Gasteiger charge is 2.22. The summed E-state index contributed by atoms with van der Waals surface area (Å²) in [5.41, 5.74) is 0.909. The van der Waals surface area contributed by atoms with E-state index in [-0.39, 0.29) is 17.9 Å². The van der Waals surface area contributed by atoms with Gasteiger partial charge >= 0.3 is 0 Å². The van der Waals surface area contributed by atoms with Gasteiger partial charge in [0.05, 0.1) is 0 Å². The van der Waals surface area contributed by atoms with Crippen LogP contribution in [0.25, 0.3) is 0 Å². The van der Waals surface area contributed by atoms with Crippen molar-refractivity contribution < 1.29 is 9.59 Å². The van der Waals surface area contributed by atoms with Crippen molar-refractivity contribution in [2.75, 3.05) is 13.1 Å². The van der Waals surface area contributed by atoms with Crippen molar-refractivity contribution in [2.45, 2.75) is 57.4 Å². The van der Waals surface area contributed by atoms with Crippen LogP contribution in [0.5, 0.6) is 0 Å².